The zero-order valence-corrected chi connectivity index (χ0v) is 19.6. The number of carbonyl (C=O) groups excluding carboxylic acids is 1. The first-order valence-corrected chi connectivity index (χ1v) is 11.1. The van der Waals surface area contributed by atoms with Crippen molar-refractivity contribution in [2.75, 3.05) is 19.0 Å². The molecule has 0 radical (unpaired) electrons. The van der Waals surface area contributed by atoms with Crippen molar-refractivity contribution < 1.29 is 9.53 Å². The van der Waals surface area contributed by atoms with Crippen molar-refractivity contribution in [2.24, 2.45) is 0 Å². The molecule has 34 heavy (non-hydrogen) atoms. The lowest BCUT2D eigenvalue weighted by atomic mass is 10.1. The summed E-state index contributed by atoms with van der Waals surface area (Å²) in [7, 11) is 1.59. The van der Waals surface area contributed by atoms with E-state index in [1.807, 2.05) is 30.3 Å². The van der Waals surface area contributed by atoms with Crippen molar-refractivity contribution in [3.8, 4) is 17.0 Å². The van der Waals surface area contributed by atoms with Crippen molar-refractivity contribution >= 4 is 34.4 Å². The van der Waals surface area contributed by atoms with Crippen molar-refractivity contribution in [1.82, 2.24) is 19.9 Å². The summed E-state index contributed by atoms with van der Waals surface area (Å²) < 4.78 is 6.76. The van der Waals surface area contributed by atoms with Crippen LogP contribution >= 0.6 is 11.6 Å². The first-order chi connectivity index (χ1) is 16.4. The molecule has 2 aromatic carbocycles. The molecule has 2 aromatic heterocycles. The Bertz CT molecular complexity index is 1390. The number of aromatic nitrogens is 3. The van der Waals surface area contributed by atoms with E-state index < -0.39 is 0 Å². The van der Waals surface area contributed by atoms with E-state index in [1.165, 1.54) is 6.92 Å². The van der Waals surface area contributed by atoms with E-state index in [9.17, 15) is 9.59 Å². The van der Waals surface area contributed by atoms with Gasteiger partial charge in [-0.3, -0.25) is 14.2 Å². The second kappa shape index (κ2) is 10.4. The Morgan fingerprint density at radius 2 is 1.94 bits per heavy atom. The second-order valence-corrected chi connectivity index (χ2v) is 8.12. The number of amides is 1. The Morgan fingerprint density at radius 3 is 2.65 bits per heavy atom. The summed E-state index contributed by atoms with van der Waals surface area (Å²) in [6.45, 7) is 2.56. The third-order valence-corrected chi connectivity index (χ3v) is 5.48. The SMILES string of the molecule is COc1ccc(-c2nc3cc(NCc4cccc(Cl)c4)cnc3n(CCNC(C)=O)c2=O)cc1. The lowest BCUT2D eigenvalue weighted by Gasteiger charge is -2.14. The van der Waals surface area contributed by atoms with Crippen LogP contribution in [0.25, 0.3) is 22.4 Å². The predicted molar refractivity (Wildman–Crippen MR) is 133 cm³/mol. The van der Waals surface area contributed by atoms with Crippen LogP contribution in [0.15, 0.2) is 65.6 Å². The average Bonchev–Trinajstić information content (AvgIpc) is 2.84. The molecule has 0 unspecified atom stereocenters. The van der Waals surface area contributed by atoms with Crippen LogP contribution in [0.5, 0.6) is 5.75 Å². The number of hydrogen-bond donors (Lipinski definition) is 2. The maximum atomic E-state index is 13.3. The fourth-order valence-corrected chi connectivity index (χ4v) is 3.78. The van der Waals surface area contributed by atoms with Crippen molar-refractivity contribution in [3.63, 3.8) is 0 Å². The smallest absolute Gasteiger partial charge is 0.278 e. The van der Waals surface area contributed by atoms with Gasteiger partial charge in [-0.25, -0.2) is 9.97 Å². The van der Waals surface area contributed by atoms with Crippen LogP contribution < -0.4 is 20.9 Å². The van der Waals surface area contributed by atoms with Gasteiger partial charge in [0.05, 0.1) is 19.0 Å². The number of halogens is 1. The molecule has 2 heterocycles. The van der Waals surface area contributed by atoms with Crippen molar-refractivity contribution in [3.05, 3.63) is 81.7 Å². The molecule has 1 amide bonds. The zero-order chi connectivity index (χ0) is 24.1. The predicted octanol–water partition coefficient (Wildman–Crippen LogP) is 3.87. The summed E-state index contributed by atoms with van der Waals surface area (Å²) in [5, 5.41) is 6.72. The Morgan fingerprint density at radius 1 is 1.15 bits per heavy atom. The minimum Gasteiger partial charge on any atom is -0.497 e. The molecule has 8 nitrogen and oxygen atoms in total. The molecule has 2 N–H and O–H groups in total. The highest BCUT2D eigenvalue weighted by molar-refractivity contribution is 6.30. The highest BCUT2D eigenvalue weighted by atomic mass is 35.5. The maximum absolute atomic E-state index is 13.3. The zero-order valence-electron chi connectivity index (χ0n) is 18.8. The monoisotopic (exact) mass is 477 g/mol. The van der Waals surface area contributed by atoms with Gasteiger partial charge in [-0.15, -0.1) is 0 Å². The van der Waals surface area contributed by atoms with E-state index >= 15 is 0 Å². The molecule has 0 spiro atoms. The fourth-order valence-electron chi connectivity index (χ4n) is 3.56. The summed E-state index contributed by atoms with van der Waals surface area (Å²) >= 11 is 6.08. The molecule has 4 rings (SSSR count). The number of benzene rings is 2. The third-order valence-electron chi connectivity index (χ3n) is 5.24. The summed E-state index contributed by atoms with van der Waals surface area (Å²) in [5.41, 5.74) is 3.47. The van der Waals surface area contributed by atoms with Crippen LogP contribution in [0, 0.1) is 0 Å². The Kier molecular flexibility index (Phi) is 7.08. The first kappa shape index (κ1) is 23.3. The molecule has 0 bridgehead atoms. The van der Waals surface area contributed by atoms with Gasteiger partial charge in [-0.05, 0) is 48.0 Å². The number of nitrogens with one attached hydrogen (secondary N) is 2. The van der Waals surface area contributed by atoms with Gasteiger partial charge in [-0.1, -0.05) is 23.7 Å². The van der Waals surface area contributed by atoms with E-state index in [0.29, 0.717) is 46.3 Å². The van der Waals surface area contributed by atoms with Gasteiger partial charge in [-0.2, -0.15) is 0 Å². The summed E-state index contributed by atoms with van der Waals surface area (Å²) in [5.74, 6) is 0.520. The van der Waals surface area contributed by atoms with Crippen LogP contribution in [0.2, 0.25) is 5.02 Å². The van der Waals surface area contributed by atoms with Gasteiger partial charge in [0, 0.05) is 37.1 Å². The molecule has 4 aromatic rings. The first-order valence-electron chi connectivity index (χ1n) is 10.7. The maximum Gasteiger partial charge on any atom is 0.278 e. The largest absolute Gasteiger partial charge is 0.497 e. The van der Waals surface area contributed by atoms with Gasteiger partial charge < -0.3 is 15.4 Å². The lowest BCUT2D eigenvalue weighted by Crippen LogP contribution is -2.31. The topological polar surface area (TPSA) is 98.1 Å². The van der Waals surface area contributed by atoms with Gasteiger partial charge in [0.1, 0.15) is 17.0 Å². The van der Waals surface area contributed by atoms with E-state index in [0.717, 1.165) is 11.3 Å². The Labute approximate surface area is 201 Å². The fraction of sp³-hybridized carbons (Fsp3) is 0.200. The summed E-state index contributed by atoms with van der Waals surface area (Å²) in [6, 6.07) is 16.6. The molecular formula is C25H24ClN5O3. The Hall–Kier alpha value is -3.91. The minimum atomic E-state index is -0.282. The molecule has 174 valence electrons. The lowest BCUT2D eigenvalue weighted by molar-refractivity contribution is -0.118. The number of pyridine rings is 1. The van der Waals surface area contributed by atoms with E-state index in [1.54, 1.807) is 42.1 Å². The molecule has 0 saturated heterocycles. The highest BCUT2D eigenvalue weighted by Crippen LogP contribution is 2.22. The number of anilines is 1. The molecular weight excluding hydrogens is 454 g/mol. The van der Waals surface area contributed by atoms with Crippen LogP contribution in [-0.2, 0) is 17.9 Å². The molecule has 0 aliphatic rings. The summed E-state index contributed by atoms with van der Waals surface area (Å²) in [4.78, 5) is 33.8. The standard InChI is InChI=1S/C25H24ClN5O3/c1-16(32)27-10-11-31-24-22(30-23(25(31)33)18-6-8-21(34-2)9-7-18)13-20(15-29-24)28-14-17-4-3-5-19(26)12-17/h3-9,12-13,15,28H,10-11,14H2,1-2H3,(H,27,32). The average molecular weight is 478 g/mol. The molecule has 9 heteroatoms. The van der Waals surface area contributed by atoms with E-state index in [4.69, 9.17) is 16.3 Å². The summed E-state index contributed by atoms with van der Waals surface area (Å²) in [6.07, 6.45) is 1.66. The highest BCUT2D eigenvalue weighted by Gasteiger charge is 2.15. The molecule has 0 atom stereocenters. The molecule has 0 aliphatic carbocycles. The van der Waals surface area contributed by atoms with Gasteiger partial charge in [0.25, 0.3) is 5.56 Å². The molecule has 0 fully saturated rings. The third kappa shape index (κ3) is 5.35. The quantitative estimate of drug-likeness (QED) is 0.400. The van der Waals surface area contributed by atoms with Crippen LogP contribution in [-0.4, -0.2) is 34.1 Å². The number of methoxy groups -OCH3 is 1. The number of carbonyl (C=O) groups is 1. The molecule has 0 aliphatic heterocycles. The number of ether oxygens (including phenoxy) is 1. The minimum absolute atomic E-state index is 0.165. The number of nitrogens with zero attached hydrogens (tertiary/aromatic N) is 3. The van der Waals surface area contributed by atoms with Crippen LogP contribution in [0.3, 0.4) is 0 Å². The molecule has 0 saturated carbocycles. The van der Waals surface area contributed by atoms with Gasteiger partial charge in [0.2, 0.25) is 5.91 Å². The van der Waals surface area contributed by atoms with Crippen LogP contribution in [0.4, 0.5) is 5.69 Å². The number of fused-ring (bicyclic) bond motifs is 1. The Balaban J connectivity index is 1.73. The van der Waals surface area contributed by atoms with Crippen LogP contribution in [0.1, 0.15) is 12.5 Å². The van der Waals surface area contributed by atoms with Crippen molar-refractivity contribution in [1.29, 1.82) is 0 Å². The van der Waals surface area contributed by atoms with Gasteiger partial charge >= 0.3 is 0 Å². The number of rotatable bonds is 8. The second-order valence-electron chi connectivity index (χ2n) is 7.68. The van der Waals surface area contributed by atoms with E-state index in [-0.39, 0.29) is 18.0 Å². The normalized spacial score (nSPS) is 10.8. The van der Waals surface area contributed by atoms with E-state index in [2.05, 4.69) is 20.6 Å². The number of hydrogen-bond acceptors (Lipinski definition) is 6. The van der Waals surface area contributed by atoms with Gasteiger partial charge in [0.15, 0.2) is 5.65 Å². The van der Waals surface area contributed by atoms with Crippen molar-refractivity contribution in [2.45, 2.75) is 20.0 Å².